The van der Waals surface area contributed by atoms with Crippen molar-refractivity contribution in [1.82, 2.24) is 5.32 Å². The van der Waals surface area contributed by atoms with Gasteiger partial charge in [0.15, 0.2) is 6.61 Å². The maximum Gasteiger partial charge on any atom is 0.258 e. The van der Waals surface area contributed by atoms with Gasteiger partial charge in [0.1, 0.15) is 11.5 Å². The van der Waals surface area contributed by atoms with Gasteiger partial charge in [-0.05, 0) is 66.1 Å². The van der Waals surface area contributed by atoms with Crippen LogP contribution in [0.5, 0.6) is 11.5 Å². The highest BCUT2D eigenvalue weighted by molar-refractivity contribution is 5.78. The molecule has 1 N–H and O–H groups in total. The summed E-state index contributed by atoms with van der Waals surface area (Å²) in [6, 6.07) is 11.9. The molecule has 0 aromatic heterocycles. The molecule has 1 amide bonds. The fraction of sp³-hybridized carbons (Fsp3) is 0.458. The molecule has 0 fully saturated rings. The molecule has 0 aliphatic rings. The predicted octanol–water partition coefficient (Wildman–Crippen LogP) is 5.51. The van der Waals surface area contributed by atoms with Crippen molar-refractivity contribution in [2.24, 2.45) is 0 Å². The summed E-state index contributed by atoms with van der Waals surface area (Å²) in [4.78, 5) is 12.5. The molecule has 2 rings (SSSR count). The first-order valence-corrected chi connectivity index (χ1v) is 9.94. The average molecular weight is 384 g/mol. The highest BCUT2D eigenvalue weighted by Gasteiger charge is 2.17. The van der Waals surface area contributed by atoms with E-state index in [2.05, 4.69) is 39.1 Å². The van der Waals surface area contributed by atoms with Gasteiger partial charge < -0.3 is 14.8 Å². The first kappa shape index (κ1) is 21.8. The van der Waals surface area contributed by atoms with E-state index in [-0.39, 0.29) is 18.6 Å². The SMILES string of the molecule is COc1cc(C)c([C@H](C)NC(=O)COc2ccccc2C(C)C)cc1C(C)C. The lowest BCUT2D eigenvalue weighted by molar-refractivity contribution is -0.123. The lowest BCUT2D eigenvalue weighted by Gasteiger charge is -2.21. The van der Waals surface area contributed by atoms with E-state index in [1.807, 2.05) is 44.2 Å². The number of carbonyl (C=O) groups is 1. The maximum atomic E-state index is 12.5. The van der Waals surface area contributed by atoms with Crippen molar-refractivity contribution < 1.29 is 14.3 Å². The Morgan fingerprint density at radius 1 is 0.929 bits per heavy atom. The number of rotatable bonds is 8. The van der Waals surface area contributed by atoms with Crippen LogP contribution in [0.15, 0.2) is 36.4 Å². The summed E-state index contributed by atoms with van der Waals surface area (Å²) in [7, 11) is 1.69. The molecule has 0 heterocycles. The Labute approximate surface area is 169 Å². The van der Waals surface area contributed by atoms with Crippen LogP contribution in [-0.2, 0) is 4.79 Å². The van der Waals surface area contributed by atoms with Crippen LogP contribution in [0.1, 0.15) is 74.8 Å². The summed E-state index contributed by atoms with van der Waals surface area (Å²) >= 11 is 0. The molecule has 1 atom stereocenters. The minimum absolute atomic E-state index is 0.000311. The minimum Gasteiger partial charge on any atom is -0.496 e. The summed E-state index contributed by atoms with van der Waals surface area (Å²) in [5.41, 5.74) is 4.45. The van der Waals surface area contributed by atoms with Crippen molar-refractivity contribution in [3.05, 3.63) is 58.7 Å². The van der Waals surface area contributed by atoms with Gasteiger partial charge in [-0.25, -0.2) is 0 Å². The van der Waals surface area contributed by atoms with Crippen LogP contribution >= 0.6 is 0 Å². The molecule has 0 radical (unpaired) electrons. The molecule has 152 valence electrons. The second-order valence-electron chi connectivity index (χ2n) is 7.88. The van der Waals surface area contributed by atoms with Crippen molar-refractivity contribution in [2.45, 2.75) is 59.4 Å². The fourth-order valence-corrected chi connectivity index (χ4v) is 3.40. The molecule has 0 spiro atoms. The molecule has 0 aliphatic heterocycles. The minimum atomic E-state index is -0.132. The number of ether oxygens (including phenoxy) is 2. The number of hydrogen-bond donors (Lipinski definition) is 1. The number of hydrogen-bond acceptors (Lipinski definition) is 3. The maximum absolute atomic E-state index is 12.5. The van der Waals surface area contributed by atoms with Crippen LogP contribution in [0.2, 0.25) is 0 Å². The zero-order chi connectivity index (χ0) is 20.8. The normalized spacial score (nSPS) is 12.2. The zero-order valence-electron chi connectivity index (χ0n) is 18.1. The lowest BCUT2D eigenvalue weighted by atomic mass is 9.93. The Morgan fingerprint density at radius 3 is 2.18 bits per heavy atom. The van der Waals surface area contributed by atoms with Crippen LogP contribution in [-0.4, -0.2) is 19.6 Å². The summed E-state index contributed by atoms with van der Waals surface area (Å²) in [6.45, 7) is 12.5. The van der Waals surface area contributed by atoms with E-state index in [1.165, 1.54) is 0 Å². The van der Waals surface area contributed by atoms with Gasteiger partial charge >= 0.3 is 0 Å². The summed E-state index contributed by atoms with van der Waals surface area (Å²) < 4.78 is 11.3. The molecule has 2 aromatic carbocycles. The van der Waals surface area contributed by atoms with Gasteiger partial charge in [-0.15, -0.1) is 0 Å². The third-order valence-corrected chi connectivity index (χ3v) is 4.98. The molecular formula is C24H33NO3. The molecule has 28 heavy (non-hydrogen) atoms. The summed E-state index contributed by atoms with van der Waals surface area (Å²) in [5, 5.41) is 3.05. The molecule has 0 unspecified atom stereocenters. The Kier molecular flexibility index (Phi) is 7.50. The fourth-order valence-electron chi connectivity index (χ4n) is 3.40. The first-order chi connectivity index (χ1) is 13.2. The molecular weight excluding hydrogens is 350 g/mol. The van der Waals surface area contributed by atoms with Gasteiger partial charge in [-0.2, -0.15) is 0 Å². The molecule has 0 bridgehead atoms. The molecule has 2 aromatic rings. The van der Waals surface area contributed by atoms with Crippen molar-refractivity contribution in [3.63, 3.8) is 0 Å². The van der Waals surface area contributed by atoms with Crippen molar-refractivity contribution in [1.29, 1.82) is 0 Å². The standard InChI is InChI=1S/C24H33NO3/c1-15(2)19-10-8-9-11-22(19)28-14-24(26)25-18(6)21-13-20(16(3)4)23(27-7)12-17(21)5/h8-13,15-16,18H,14H2,1-7H3,(H,25,26)/t18-/m0/s1. The third-order valence-electron chi connectivity index (χ3n) is 4.98. The lowest BCUT2D eigenvalue weighted by Crippen LogP contribution is -2.31. The monoisotopic (exact) mass is 383 g/mol. The number of nitrogens with one attached hydrogen (secondary N) is 1. The number of methoxy groups -OCH3 is 1. The number of carbonyl (C=O) groups excluding carboxylic acids is 1. The van der Waals surface area contributed by atoms with Crippen LogP contribution in [0, 0.1) is 6.92 Å². The Hall–Kier alpha value is -2.49. The highest BCUT2D eigenvalue weighted by atomic mass is 16.5. The van der Waals surface area contributed by atoms with Crippen LogP contribution in [0.3, 0.4) is 0 Å². The molecule has 4 nitrogen and oxygen atoms in total. The smallest absolute Gasteiger partial charge is 0.258 e. The van der Waals surface area contributed by atoms with Crippen LogP contribution < -0.4 is 14.8 Å². The number of amides is 1. The Bertz CT molecular complexity index is 811. The zero-order valence-corrected chi connectivity index (χ0v) is 18.1. The van der Waals surface area contributed by atoms with Gasteiger partial charge in [0.2, 0.25) is 0 Å². The molecule has 0 saturated carbocycles. The summed E-state index contributed by atoms with van der Waals surface area (Å²) in [5.74, 6) is 2.21. The number of benzene rings is 2. The van der Waals surface area contributed by atoms with E-state index in [0.717, 1.165) is 33.8 Å². The molecule has 0 aliphatic carbocycles. The second kappa shape index (κ2) is 9.63. The number of aryl methyl sites for hydroxylation is 1. The van der Waals surface area contributed by atoms with E-state index in [1.54, 1.807) is 7.11 Å². The van der Waals surface area contributed by atoms with Gasteiger partial charge in [0.05, 0.1) is 13.2 Å². The average Bonchev–Trinajstić information content (AvgIpc) is 2.65. The Morgan fingerprint density at radius 2 is 1.57 bits per heavy atom. The van der Waals surface area contributed by atoms with E-state index < -0.39 is 0 Å². The first-order valence-electron chi connectivity index (χ1n) is 9.94. The van der Waals surface area contributed by atoms with Crippen LogP contribution in [0.25, 0.3) is 0 Å². The van der Waals surface area contributed by atoms with Crippen LogP contribution in [0.4, 0.5) is 0 Å². The quantitative estimate of drug-likeness (QED) is 0.654. The number of para-hydroxylation sites is 1. The van der Waals surface area contributed by atoms with Gasteiger partial charge in [0.25, 0.3) is 5.91 Å². The molecule has 4 heteroatoms. The largest absolute Gasteiger partial charge is 0.496 e. The van der Waals surface area contributed by atoms with E-state index >= 15 is 0 Å². The van der Waals surface area contributed by atoms with Gasteiger partial charge in [-0.3, -0.25) is 4.79 Å². The summed E-state index contributed by atoms with van der Waals surface area (Å²) in [6.07, 6.45) is 0. The molecule has 0 saturated heterocycles. The van der Waals surface area contributed by atoms with E-state index in [0.29, 0.717) is 11.8 Å². The van der Waals surface area contributed by atoms with Crippen molar-refractivity contribution in [2.75, 3.05) is 13.7 Å². The predicted molar refractivity (Wildman–Crippen MR) is 114 cm³/mol. The van der Waals surface area contributed by atoms with Crippen molar-refractivity contribution >= 4 is 5.91 Å². The van der Waals surface area contributed by atoms with E-state index in [4.69, 9.17) is 9.47 Å². The second-order valence-corrected chi connectivity index (χ2v) is 7.88. The van der Waals surface area contributed by atoms with Gasteiger partial charge in [-0.1, -0.05) is 45.9 Å². The van der Waals surface area contributed by atoms with E-state index in [9.17, 15) is 4.79 Å². The topological polar surface area (TPSA) is 47.6 Å². The van der Waals surface area contributed by atoms with Crippen molar-refractivity contribution in [3.8, 4) is 11.5 Å². The van der Waals surface area contributed by atoms with Gasteiger partial charge in [0, 0.05) is 0 Å². The Balaban J connectivity index is 2.08. The highest BCUT2D eigenvalue weighted by Crippen LogP contribution is 2.32. The third kappa shape index (κ3) is 5.28.